The van der Waals surface area contributed by atoms with Gasteiger partial charge in [-0.15, -0.1) is 15.3 Å². The molecule has 28 heavy (non-hydrogen) atoms. The Morgan fingerprint density at radius 3 is 2.04 bits per heavy atom. The third kappa shape index (κ3) is 3.53. The fourth-order valence-electron chi connectivity index (χ4n) is 3.81. The van der Waals surface area contributed by atoms with Crippen LogP contribution in [0.5, 0.6) is 0 Å². The molecule has 0 bridgehead atoms. The Hall–Kier alpha value is -2.00. The van der Waals surface area contributed by atoms with Crippen LogP contribution >= 0.6 is 0 Å². The predicted octanol–water partition coefficient (Wildman–Crippen LogP) is 3.30. The van der Waals surface area contributed by atoms with Gasteiger partial charge in [-0.2, -0.15) is 4.74 Å². The van der Waals surface area contributed by atoms with Gasteiger partial charge in [0.05, 0.1) is 5.54 Å². The number of hydrogen-bond donors (Lipinski definition) is 0. The van der Waals surface area contributed by atoms with E-state index >= 15 is 0 Å². The molecule has 0 saturated heterocycles. The van der Waals surface area contributed by atoms with Gasteiger partial charge in [0.1, 0.15) is 11.2 Å². The van der Waals surface area contributed by atoms with Crippen LogP contribution in [0, 0.1) is 5.21 Å². The van der Waals surface area contributed by atoms with E-state index in [9.17, 15) is 5.21 Å². The molecule has 0 N–H and O–H groups in total. The third-order valence-electron chi connectivity index (χ3n) is 5.64. The van der Waals surface area contributed by atoms with Gasteiger partial charge in [-0.25, -0.2) is 0 Å². The van der Waals surface area contributed by atoms with E-state index in [0.29, 0.717) is 11.6 Å². The molecule has 0 radical (unpaired) electrons. The molecule has 2 aliphatic heterocycles. The van der Waals surface area contributed by atoms with Crippen LogP contribution in [0.4, 0.5) is 0 Å². The maximum absolute atomic E-state index is 12.4. The Morgan fingerprint density at radius 1 is 1.04 bits per heavy atom. The van der Waals surface area contributed by atoms with Gasteiger partial charge < -0.3 is 14.9 Å². The summed E-state index contributed by atoms with van der Waals surface area (Å²) < 4.78 is 0.957. The Balaban J connectivity index is 2.06. The summed E-state index contributed by atoms with van der Waals surface area (Å²) in [7, 11) is 0. The molecule has 2 heterocycles. The summed E-state index contributed by atoms with van der Waals surface area (Å²) in [6, 6.07) is 0. The van der Waals surface area contributed by atoms with Crippen LogP contribution in [0.3, 0.4) is 0 Å². The highest BCUT2D eigenvalue weighted by Crippen LogP contribution is 2.35. The normalized spacial score (nSPS) is 26.8. The quantitative estimate of drug-likeness (QED) is 0.240. The first-order chi connectivity index (χ1) is 12.6. The first kappa shape index (κ1) is 22.3. The van der Waals surface area contributed by atoms with Crippen molar-refractivity contribution in [3.63, 3.8) is 0 Å². The maximum Gasteiger partial charge on any atom is 0.254 e. The molecule has 0 atom stereocenters. The van der Waals surface area contributed by atoms with Gasteiger partial charge >= 0.3 is 0 Å². The number of hydrogen-bond acceptors (Lipinski definition) is 8. The first-order valence-corrected chi connectivity index (χ1v) is 9.46. The van der Waals surface area contributed by atoms with Crippen LogP contribution < -0.4 is 0 Å². The summed E-state index contributed by atoms with van der Waals surface area (Å²) in [5, 5.41) is 23.8. The zero-order valence-corrected chi connectivity index (χ0v) is 19.0. The summed E-state index contributed by atoms with van der Waals surface area (Å²) in [6.07, 6.45) is 1.21. The third-order valence-corrected chi connectivity index (χ3v) is 5.64. The van der Waals surface area contributed by atoms with Crippen molar-refractivity contribution in [1.82, 2.24) is 10.1 Å². The van der Waals surface area contributed by atoms with E-state index in [2.05, 4.69) is 15.2 Å². The molecule has 0 aliphatic carbocycles. The van der Waals surface area contributed by atoms with Crippen LogP contribution in [0.25, 0.3) is 0 Å². The smallest absolute Gasteiger partial charge is 0.254 e. The molecular formula is C19H34N6O3. The second-order valence-corrected chi connectivity index (χ2v) is 9.31. The lowest BCUT2D eigenvalue weighted by atomic mass is 10.00. The minimum atomic E-state index is -0.854. The SMILES string of the molecule is CC1=NC(C)(C)N(O/C(C)=N/N=C/ON2C(C)(C)C(C)=[N+]([O-])C2(C)C)C1(C)C. The Labute approximate surface area is 167 Å². The van der Waals surface area contributed by atoms with E-state index in [1.54, 1.807) is 32.8 Å². The highest BCUT2D eigenvalue weighted by atomic mass is 16.7. The molecule has 9 heteroatoms. The molecule has 158 valence electrons. The largest absolute Gasteiger partial charge is 0.622 e. The summed E-state index contributed by atoms with van der Waals surface area (Å²) >= 11 is 0. The van der Waals surface area contributed by atoms with Crippen molar-refractivity contribution in [2.75, 3.05) is 0 Å². The summed E-state index contributed by atoms with van der Waals surface area (Å²) in [5.41, 5.74) is -0.612. The number of rotatable bonds is 4. The molecule has 0 aromatic heterocycles. The molecule has 9 nitrogen and oxygen atoms in total. The average molecular weight is 395 g/mol. The van der Waals surface area contributed by atoms with Crippen molar-refractivity contribution in [3.8, 4) is 0 Å². The lowest BCUT2D eigenvalue weighted by Gasteiger charge is -2.37. The number of aliphatic imine (C=N–C) groups is 1. The number of nitrogens with zero attached hydrogens (tertiary/aromatic N) is 6. The van der Waals surface area contributed by atoms with Gasteiger partial charge in [0.25, 0.3) is 5.66 Å². The Bertz CT molecular complexity index is 738. The Kier molecular flexibility index (Phi) is 5.42. The van der Waals surface area contributed by atoms with E-state index in [4.69, 9.17) is 9.68 Å². The highest BCUT2D eigenvalue weighted by Gasteiger charge is 2.57. The molecule has 0 aromatic rings. The molecule has 0 saturated carbocycles. The highest BCUT2D eigenvalue weighted by molar-refractivity contribution is 5.93. The molecule has 0 fully saturated rings. The summed E-state index contributed by atoms with van der Waals surface area (Å²) in [4.78, 5) is 16.3. The van der Waals surface area contributed by atoms with Gasteiger partial charge in [0.15, 0.2) is 5.71 Å². The van der Waals surface area contributed by atoms with Gasteiger partial charge in [0.2, 0.25) is 12.3 Å². The van der Waals surface area contributed by atoms with Crippen LogP contribution in [0.2, 0.25) is 0 Å². The monoisotopic (exact) mass is 394 g/mol. The van der Waals surface area contributed by atoms with Gasteiger partial charge in [-0.1, -0.05) is 5.06 Å². The zero-order valence-electron chi connectivity index (χ0n) is 19.0. The van der Waals surface area contributed by atoms with Gasteiger partial charge in [-0.3, -0.25) is 4.99 Å². The molecule has 0 aromatic carbocycles. The molecule has 0 amide bonds. The van der Waals surface area contributed by atoms with Crippen molar-refractivity contribution in [1.29, 1.82) is 0 Å². The van der Waals surface area contributed by atoms with Crippen molar-refractivity contribution < 1.29 is 14.4 Å². The first-order valence-electron chi connectivity index (χ1n) is 9.46. The van der Waals surface area contributed by atoms with Crippen LogP contribution in [-0.2, 0) is 9.68 Å². The van der Waals surface area contributed by atoms with E-state index in [0.717, 1.165) is 10.5 Å². The molecule has 2 rings (SSSR count). The Morgan fingerprint density at radius 2 is 1.61 bits per heavy atom. The molecule has 2 aliphatic rings. The summed E-state index contributed by atoms with van der Waals surface area (Å²) in [5.74, 6) is 0.360. The van der Waals surface area contributed by atoms with Gasteiger partial charge in [0, 0.05) is 33.4 Å². The molecule has 0 spiro atoms. The second-order valence-electron chi connectivity index (χ2n) is 9.31. The minimum absolute atomic E-state index is 0.352. The zero-order chi connectivity index (χ0) is 21.7. The number of hydroxylamine groups is 5. The topological polar surface area (TPSA) is 88.1 Å². The van der Waals surface area contributed by atoms with E-state index in [1.165, 1.54) is 6.40 Å². The van der Waals surface area contributed by atoms with Gasteiger partial charge in [-0.05, 0) is 48.5 Å². The minimum Gasteiger partial charge on any atom is -0.622 e. The predicted molar refractivity (Wildman–Crippen MR) is 111 cm³/mol. The van der Waals surface area contributed by atoms with E-state index < -0.39 is 16.9 Å². The van der Waals surface area contributed by atoms with Crippen molar-refractivity contribution in [2.24, 2.45) is 15.2 Å². The average Bonchev–Trinajstić information content (AvgIpc) is 2.77. The standard InChI is InChI=1S/C19H34N6O3/c1-13-16(4,5)24(18(8,9)21-13)28-15(3)22-20-12-27-25-17(6,7)14(2)23(26)19(25,10)11/h12H,1-11H3/b20-12+,22-15+. The lowest BCUT2D eigenvalue weighted by Crippen LogP contribution is -2.52. The second kappa shape index (κ2) is 6.81. The fourth-order valence-corrected chi connectivity index (χ4v) is 3.81. The van der Waals surface area contributed by atoms with E-state index in [1.807, 2.05) is 53.5 Å². The van der Waals surface area contributed by atoms with Crippen LogP contribution in [0.1, 0.15) is 76.2 Å². The van der Waals surface area contributed by atoms with Crippen molar-refractivity contribution in [2.45, 2.75) is 98.6 Å². The molecular weight excluding hydrogens is 360 g/mol. The maximum atomic E-state index is 12.4. The fraction of sp³-hybridized carbons (Fsp3) is 0.789. The van der Waals surface area contributed by atoms with Crippen molar-refractivity contribution >= 4 is 23.7 Å². The van der Waals surface area contributed by atoms with Crippen LogP contribution in [0.15, 0.2) is 15.2 Å². The summed E-state index contributed by atoms with van der Waals surface area (Å²) in [6.45, 7) is 21.0. The van der Waals surface area contributed by atoms with Crippen LogP contribution in [-0.4, -0.2) is 61.0 Å². The molecule has 0 unspecified atom stereocenters. The van der Waals surface area contributed by atoms with E-state index in [-0.39, 0.29) is 5.54 Å². The lowest BCUT2D eigenvalue weighted by molar-refractivity contribution is -0.578. The van der Waals surface area contributed by atoms with Crippen molar-refractivity contribution in [3.05, 3.63) is 5.21 Å².